The van der Waals surface area contributed by atoms with Crippen LogP contribution in [0, 0.1) is 6.92 Å². The summed E-state index contributed by atoms with van der Waals surface area (Å²) in [5.41, 5.74) is 3.96. The first-order chi connectivity index (χ1) is 10.6. The summed E-state index contributed by atoms with van der Waals surface area (Å²) in [6.07, 6.45) is 0. The van der Waals surface area contributed by atoms with Gasteiger partial charge in [-0.25, -0.2) is 0 Å². The molecular formula is C15H13ClN4OS. The number of nitrogens with one attached hydrogen (secondary N) is 2. The Morgan fingerprint density at radius 1 is 1.27 bits per heavy atom. The highest BCUT2D eigenvalue weighted by Crippen LogP contribution is 2.22. The second-order valence-electron chi connectivity index (χ2n) is 4.80. The number of rotatable bonds is 4. The van der Waals surface area contributed by atoms with Crippen LogP contribution in [0.4, 0.5) is 11.4 Å². The first-order valence-electron chi connectivity index (χ1n) is 6.64. The van der Waals surface area contributed by atoms with Crippen molar-refractivity contribution in [3.8, 4) is 0 Å². The number of hydrogen-bond acceptors (Lipinski definition) is 5. The molecule has 0 atom stereocenters. The number of anilines is 2. The maximum absolute atomic E-state index is 12.1. The van der Waals surface area contributed by atoms with E-state index in [4.69, 9.17) is 11.6 Å². The van der Waals surface area contributed by atoms with E-state index in [0.717, 1.165) is 28.5 Å². The molecule has 0 unspecified atom stereocenters. The molecule has 0 saturated carbocycles. The topological polar surface area (TPSA) is 66.9 Å². The Labute approximate surface area is 136 Å². The second-order valence-corrected chi connectivity index (χ2v) is 5.74. The molecule has 0 aliphatic carbocycles. The van der Waals surface area contributed by atoms with Crippen LogP contribution in [0.5, 0.6) is 0 Å². The lowest BCUT2D eigenvalue weighted by Gasteiger charge is -2.09. The van der Waals surface area contributed by atoms with Crippen LogP contribution in [-0.2, 0) is 4.79 Å². The van der Waals surface area contributed by atoms with Crippen LogP contribution < -0.4 is 10.6 Å². The molecule has 0 aliphatic heterocycles. The minimum absolute atomic E-state index is 0.146. The lowest BCUT2D eigenvalue weighted by atomic mass is 10.2. The minimum atomic E-state index is -0.155. The van der Waals surface area contributed by atoms with Crippen molar-refractivity contribution in [3.63, 3.8) is 0 Å². The zero-order valence-electron chi connectivity index (χ0n) is 11.8. The summed E-state index contributed by atoms with van der Waals surface area (Å²) >= 11 is 7.18. The number of hydrogen-bond donors (Lipinski definition) is 2. The maximum atomic E-state index is 12.1. The number of aromatic nitrogens is 2. The molecule has 5 nitrogen and oxygen atoms in total. The van der Waals surface area contributed by atoms with E-state index >= 15 is 0 Å². The fourth-order valence-corrected chi connectivity index (χ4v) is 2.72. The molecule has 0 spiro atoms. The smallest absolute Gasteiger partial charge is 0.243 e. The average molecular weight is 333 g/mol. The van der Waals surface area contributed by atoms with Gasteiger partial charge in [-0.15, -0.1) is 0 Å². The summed E-state index contributed by atoms with van der Waals surface area (Å²) < 4.78 is 8.34. The van der Waals surface area contributed by atoms with Gasteiger partial charge in [-0.05, 0) is 36.8 Å². The van der Waals surface area contributed by atoms with Gasteiger partial charge in [0.15, 0.2) is 0 Å². The molecule has 2 N–H and O–H groups in total. The summed E-state index contributed by atoms with van der Waals surface area (Å²) in [6.45, 7) is 2.08. The van der Waals surface area contributed by atoms with Gasteiger partial charge < -0.3 is 10.6 Å². The number of fused-ring (bicyclic) bond motifs is 1. The first kappa shape index (κ1) is 14.7. The Balaban J connectivity index is 1.65. The third-order valence-electron chi connectivity index (χ3n) is 3.19. The number of aryl methyl sites for hydroxylation is 1. The van der Waals surface area contributed by atoms with Crippen LogP contribution in [0.15, 0.2) is 36.4 Å². The molecule has 0 fully saturated rings. The van der Waals surface area contributed by atoms with Crippen molar-refractivity contribution in [2.75, 3.05) is 17.2 Å². The van der Waals surface area contributed by atoms with Crippen LogP contribution in [0.2, 0.25) is 5.02 Å². The van der Waals surface area contributed by atoms with E-state index < -0.39 is 0 Å². The third-order valence-corrected chi connectivity index (χ3v) is 4.13. The van der Waals surface area contributed by atoms with E-state index in [9.17, 15) is 4.79 Å². The van der Waals surface area contributed by atoms with Crippen molar-refractivity contribution in [2.24, 2.45) is 0 Å². The maximum Gasteiger partial charge on any atom is 0.243 e. The van der Waals surface area contributed by atoms with E-state index in [1.165, 1.54) is 0 Å². The van der Waals surface area contributed by atoms with E-state index in [2.05, 4.69) is 19.4 Å². The molecule has 0 aliphatic rings. The third kappa shape index (κ3) is 3.18. The number of amides is 1. The van der Waals surface area contributed by atoms with Crippen molar-refractivity contribution >= 4 is 51.6 Å². The number of halogens is 1. The van der Waals surface area contributed by atoms with Crippen LogP contribution in [0.1, 0.15) is 5.56 Å². The fourth-order valence-electron chi connectivity index (χ4n) is 1.99. The van der Waals surface area contributed by atoms with Crippen LogP contribution in [0.25, 0.3) is 11.0 Å². The molecule has 0 bridgehead atoms. The first-order valence-corrected chi connectivity index (χ1v) is 7.75. The van der Waals surface area contributed by atoms with Gasteiger partial charge in [-0.3, -0.25) is 4.79 Å². The van der Waals surface area contributed by atoms with Gasteiger partial charge in [0.2, 0.25) is 5.91 Å². The Hall–Kier alpha value is -2.18. The van der Waals surface area contributed by atoms with E-state index in [-0.39, 0.29) is 12.5 Å². The highest BCUT2D eigenvalue weighted by atomic mass is 35.5. The Morgan fingerprint density at radius 2 is 2.14 bits per heavy atom. The highest BCUT2D eigenvalue weighted by Gasteiger charge is 2.08. The Kier molecular flexibility index (Phi) is 4.22. The van der Waals surface area contributed by atoms with Gasteiger partial charge in [0.25, 0.3) is 0 Å². The summed E-state index contributed by atoms with van der Waals surface area (Å²) in [5, 5.41) is 6.55. The lowest BCUT2D eigenvalue weighted by Crippen LogP contribution is -2.21. The predicted octanol–water partition coefficient (Wildman–Crippen LogP) is 3.70. The van der Waals surface area contributed by atoms with Gasteiger partial charge in [-0.1, -0.05) is 23.7 Å². The molecule has 0 saturated heterocycles. The van der Waals surface area contributed by atoms with E-state index in [1.807, 2.05) is 37.3 Å². The van der Waals surface area contributed by atoms with E-state index in [1.54, 1.807) is 6.07 Å². The van der Waals surface area contributed by atoms with Crippen LogP contribution in [0.3, 0.4) is 0 Å². The minimum Gasteiger partial charge on any atom is -0.376 e. The molecular weight excluding hydrogens is 320 g/mol. The standard InChI is InChI=1S/C15H13ClN4OS/c1-9-5-6-10(7-11(9)16)17-8-14(21)18-12-3-2-4-13-15(12)20-22-19-13/h2-7,17H,8H2,1H3,(H,18,21). The van der Waals surface area contributed by atoms with Crippen molar-refractivity contribution in [3.05, 3.63) is 47.0 Å². The molecule has 3 aromatic rings. The van der Waals surface area contributed by atoms with Gasteiger partial charge in [0.05, 0.1) is 24.0 Å². The van der Waals surface area contributed by atoms with E-state index in [0.29, 0.717) is 16.2 Å². The zero-order chi connectivity index (χ0) is 15.5. The quantitative estimate of drug-likeness (QED) is 0.764. The predicted molar refractivity (Wildman–Crippen MR) is 90.7 cm³/mol. The second kappa shape index (κ2) is 6.29. The normalized spacial score (nSPS) is 10.6. The van der Waals surface area contributed by atoms with Gasteiger partial charge >= 0.3 is 0 Å². The number of benzene rings is 2. The molecule has 3 rings (SSSR count). The average Bonchev–Trinajstić information content (AvgIpc) is 2.98. The van der Waals surface area contributed by atoms with Gasteiger partial charge in [-0.2, -0.15) is 8.75 Å². The number of nitrogens with zero attached hydrogens (tertiary/aromatic N) is 2. The molecule has 2 aromatic carbocycles. The lowest BCUT2D eigenvalue weighted by molar-refractivity contribution is -0.114. The number of carbonyl (C=O) groups is 1. The summed E-state index contributed by atoms with van der Waals surface area (Å²) in [7, 11) is 0. The highest BCUT2D eigenvalue weighted by molar-refractivity contribution is 7.00. The Bertz CT molecular complexity index is 833. The monoisotopic (exact) mass is 332 g/mol. The summed E-state index contributed by atoms with van der Waals surface area (Å²) in [6, 6.07) is 11.1. The Morgan fingerprint density at radius 3 is 2.95 bits per heavy atom. The molecule has 1 aromatic heterocycles. The molecule has 112 valence electrons. The van der Waals surface area contributed by atoms with Crippen molar-refractivity contribution in [2.45, 2.75) is 6.92 Å². The molecule has 1 heterocycles. The summed E-state index contributed by atoms with van der Waals surface area (Å²) in [4.78, 5) is 12.1. The molecule has 1 amide bonds. The van der Waals surface area contributed by atoms with Crippen molar-refractivity contribution in [1.29, 1.82) is 0 Å². The van der Waals surface area contributed by atoms with Gasteiger partial charge in [0.1, 0.15) is 11.0 Å². The van der Waals surface area contributed by atoms with Gasteiger partial charge in [0, 0.05) is 10.7 Å². The SMILES string of the molecule is Cc1ccc(NCC(=O)Nc2cccc3nsnc23)cc1Cl. The van der Waals surface area contributed by atoms with Crippen LogP contribution >= 0.6 is 23.3 Å². The van der Waals surface area contributed by atoms with Crippen molar-refractivity contribution < 1.29 is 4.79 Å². The summed E-state index contributed by atoms with van der Waals surface area (Å²) in [5.74, 6) is -0.155. The number of carbonyl (C=O) groups excluding carboxylic acids is 1. The molecule has 22 heavy (non-hydrogen) atoms. The largest absolute Gasteiger partial charge is 0.376 e. The van der Waals surface area contributed by atoms with Crippen LogP contribution in [-0.4, -0.2) is 21.2 Å². The molecule has 0 radical (unpaired) electrons. The van der Waals surface area contributed by atoms with Crippen molar-refractivity contribution in [1.82, 2.24) is 8.75 Å². The molecule has 7 heteroatoms. The zero-order valence-corrected chi connectivity index (χ0v) is 13.3. The fraction of sp³-hybridized carbons (Fsp3) is 0.133.